The summed E-state index contributed by atoms with van der Waals surface area (Å²) in [5.74, 6) is 0. The molecular weight excluding hydrogens is 295 g/mol. The van der Waals surface area contributed by atoms with Crippen molar-refractivity contribution in [1.29, 1.82) is 0 Å². The minimum atomic E-state index is -4.67. The van der Waals surface area contributed by atoms with Gasteiger partial charge in [-0.25, -0.2) is 0 Å². The molecule has 0 atom stereocenters. The standard InChI is InChI=1S/Cu.K.2H2O4S.H/c;;2*1-5(2,3)4;/h;;2*(H2,1,2,3,4);. The summed E-state index contributed by atoms with van der Waals surface area (Å²) in [7, 11) is -9.33. The van der Waals surface area contributed by atoms with E-state index in [1.54, 1.807) is 0 Å². The second-order valence-corrected chi connectivity index (χ2v) is 2.69. The van der Waals surface area contributed by atoms with Crippen LogP contribution in [-0.2, 0) is 37.9 Å². The summed E-state index contributed by atoms with van der Waals surface area (Å²) in [5.41, 5.74) is 0. The summed E-state index contributed by atoms with van der Waals surface area (Å²) in [6, 6.07) is 0. The van der Waals surface area contributed by atoms with E-state index in [9.17, 15) is 0 Å². The predicted molar refractivity (Wildman–Crippen MR) is 35.5 cm³/mol. The molecule has 0 bridgehead atoms. The summed E-state index contributed by atoms with van der Waals surface area (Å²) < 4.78 is 63.2. The number of rotatable bonds is 0. The van der Waals surface area contributed by atoms with Gasteiger partial charge in [-0.3, -0.25) is 18.2 Å². The van der Waals surface area contributed by atoms with Gasteiger partial charge >= 0.3 is 72.2 Å². The third-order valence-electron chi connectivity index (χ3n) is 0. The van der Waals surface area contributed by atoms with Crippen molar-refractivity contribution in [2.75, 3.05) is 0 Å². The van der Waals surface area contributed by atoms with E-state index in [4.69, 9.17) is 35.0 Å². The van der Waals surface area contributed by atoms with E-state index in [1.165, 1.54) is 0 Å². The molecule has 0 rings (SSSR count). The van der Waals surface area contributed by atoms with E-state index in [0.29, 0.717) is 0 Å². The van der Waals surface area contributed by atoms with Crippen LogP contribution >= 0.6 is 0 Å². The topological polar surface area (TPSA) is 149 Å². The molecule has 4 N–H and O–H groups in total. The van der Waals surface area contributed by atoms with Crippen LogP contribution in [0.2, 0.25) is 0 Å². The van der Waals surface area contributed by atoms with Gasteiger partial charge in [0, 0.05) is 17.1 Å². The Morgan fingerprint density at radius 2 is 0.667 bits per heavy atom. The Bertz CT molecular complexity index is 213. The Labute approximate surface area is 122 Å². The fourth-order valence-corrected chi connectivity index (χ4v) is 0. The average molecular weight is 300 g/mol. The molecule has 12 heavy (non-hydrogen) atoms. The van der Waals surface area contributed by atoms with Crippen molar-refractivity contribution in [3.05, 3.63) is 0 Å². The maximum absolute atomic E-state index is 8.74. The molecule has 0 heterocycles. The summed E-state index contributed by atoms with van der Waals surface area (Å²) >= 11 is 0. The first-order valence-corrected chi connectivity index (χ1v) is 4.19. The summed E-state index contributed by atoms with van der Waals surface area (Å²) in [4.78, 5) is 0. The van der Waals surface area contributed by atoms with Crippen LogP contribution in [0.25, 0.3) is 0 Å². The van der Waals surface area contributed by atoms with Gasteiger partial charge in [0.1, 0.15) is 0 Å². The molecule has 0 aliphatic rings. The van der Waals surface area contributed by atoms with Gasteiger partial charge in [0.05, 0.1) is 0 Å². The van der Waals surface area contributed by atoms with Crippen molar-refractivity contribution in [3.8, 4) is 0 Å². The van der Waals surface area contributed by atoms with Crippen LogP contribution in [0, 0.1) is 0 Å². The molecule has 8 nitrogen and oxygen atoms in total. The van der Waals surface area contributed by atoms with Crippen molar-refractivity contribution >= 4 is 72.2 Å². The maximum atomic E-state index is 8.74. The van der Waals surface area contributed by atoms with Crippen LogP contribution in [0.1, 0.15) is 0 Å². The van der Waals surface area contributed by atoms with E-state index in [2.05, 4.69) is 0 Å². The van der Waals surface area contributed by atoms with E-state index in [1.807, 2.05) is 0 Å². The van der Waals surface area contributed by atoms with Crippen molar-refractivity contribution < 1.29 is 52.1 Å². The normalized spacial score (nSPS) is 9.67. The molecule has 0 spiro atoms. The van der Waals surface area contributed by atoms with Crippen LogP contribution in [0.5, 0.6) is 0 Å². The van der Waals surface area contributed by atoms with Crippen molar-refractivity contribution in [2.24, 2.45) is 0 Å². The SMILES string of the molecule is O=S(=O)(O)O.O=S(=O)(O)O.[Cu].[KH]. The Kier molecular flexibility index (Phi) is 18.6. The zero-order chi connectivity index (χ0) is 9.00. The molecule has 77 valence electrons. The molecule has 0 aromatic rings. The van der Waals surface area contributed by atoms with E-state index < -0.39 is 20.8 Å². The minimum absolute atomic E-state index is 0. The summed E-state index contributed by atoms with van der Waals surface area (Å²) in [5, 5.41) is 0. The molecule has 0 aromatic carbocycles. The second-order valence-electron chi connectivity index (χ2n) is 0.896. The monoisotopic (exact) mass is 299 g/mol. The molecule has 0 saturated carbocycles. The van der Waals surface area contributed by atoms with Crippen LogP contribution in [0.4, 0.5) is 0 Å². The fourth-order valence-electron chi connectivity index (χ4n) is 0. The van der Waals surface area contributed by atoms with Crippen LogP contribution < -0.4 is 0 Å². The van der Waals surface area contributed by atoms with E-state index in [-0.39, 0.29) is 68.5 Å². The van der Waals surface area contributed by atoms with E-state index in [0.717, 1.165) is 0 Å². The summed E-state index contributed by atoms with van der Waals surface area (Å²) in [6.45, 7) is 0. The van der Waals surface area contributed by atoms with Crippen LogP contribution in [0.15, 0.2) is 0 Å². The Hall–Kier alpha value is 1.90. The van der Waals surface area contributed by atoms with Gasteiger partial charge in [0.15, 0.2) is 0 Å². The number of hydrogen-bond acceptors (Lipinski definition) is 4. The zero-order valence-corrected chi connectivity index (χ0v) is 7.11. The first-order chi connectivity index (χ1) is 4.00. The molecular formula is H5CuKO8S2. The van der Waals surface area contributed by atoms with Gasteiger partial charge in [-0.05, 0) is 0 Å². The van der Waals surface area contributed by atoms with Gasteiger partial charge in [0.2, 0.25) is 0 Å². The molecule has 0 aliphatic heterocycles. The molecule has 0 amide bonds. The number of hydrogen-bond donors (Lipinski definition) is 4. The van der Waals surface area contributed by atoms with Crippen molar-refractivity contribution in [3.63, 3.8) is 0 Å². The van der Waals surface area contributed by atoms with Gasteiger partial charge in [-0.2, -0.15) is 16.8 Å². The van der Waals surface area contributed by atoms with Gasteiger partial charge < -0.3 is 0 Å². The molecule has 0 fully saturated rings. The predicted octanol–water partition coefficient (Wildman–Crippen LogP) is -1.96. The Balaban J connectivity index is -0.0000000457. The van der Waals surface area contributed by atoms with E-state index >= 15 is 0 Å². The molecule has 0 saturated heterocycles. The Morgan fingerprint density at radius 3 is 0.667 bits per heavy atom. The molecule has 0 unspecified atom stereocenters. The second kappa shape index (κ2) is 9.45. The summed E-state index contributed by atoms with van der Waals surface area (Å²) in [6.07, 6.45) is 0. The van der Waals surface area contributed by atoms with Gasteiger partial charge in [-0.15, -0.1) is 0 Å². The molecule has 0 aliphatic carbocycles. The van der Waals surface area contributed by atoms with Crippen LogP contribution in [0.3, 0.4) is 0 Å². The Morgan fingerprint density at radius 1 is 0.667 bits per heavy atom. The molecule has 0 aromatic heterocycles. The van der Waals surface area contributed by atoms with Crippen molar-refractivity contribution in [1.82, 2.24) is 0 Å². The average Bonchev–Trinajstić information content (AvgIpc) is 1.12. The molecule has 12 heteroatoms. The zero-order valence-electron chi connectivity index (χ0n) is 4.54. The van der Waals surface area contributed by atoms with Gasteiger partial charge in [0.25, 0.3) is 0 Å². The third-order valence-corrected chi connectivity index (χ3v) is 0. The fraction of sp³-hybridized carbons (Fsp3) is 0. The quantitative estimate of drug-likeness (QED) is 0.297. The first kappa shape index (κ1) is 23.6. The first-order valence-electron chi connectivity index (χ1n) is 1.40. The third kappa shape index (κ3) is 393. The molecule has 1 radical (unpaired) electrons. The van der Waals surface area contributed by atoms with Gasteiger partial charge in [-0.1, -0.05) is 0 Å². The van der Waals surface area contributed by atoms with Crippen LogP contribution in [-0.4, -0.2) is 86.4 Å². The van der Waals surface area contributed by atoms with Crippen molar-refractivity contribution in [2.45, 2.75) is 0 Å².